The first kappa shape index (κ1) is 17.6. The summed E-state index contributed by atoms with van der Waals surface area (Å²) >= 11 is 5.97. The quantitative estimate of drug-likeness (QED) is 0.804. The molecule has 0 aromatic heterocycles. The molecule has 2 aliphatic heterocycles. The van der Waals surface area contributed by atoms with E-state index in [9.17, 15) is 0 Å². The van der Waals surface area contributed by atoms with Crippen LogP contribution in [0.15, 0.2) is 24.3 Å². The lowest BCUT2D eigenvalue weighted by Crippen LogP contribution is -2.43. The lowest BCUT2D eigenvalue weighted by atomic mass is 10.0. The number of aliphatic carboxylic acids is 2. The molecule has 0 spiro atoms. The van der Waals surface area contributed by atoms with Crippen molar-refractivity contribution in [3.63, 3.8) is 0 Å². The van der Waals surface area contributed by atoms with Crippen molar-refractivity contribution >= 4 is 23.5 Å². The number of hydrogen-bond acceptors (Lipinski definition) is 4. The van der Waals surface area contributed by atoms with Gasteiger partial charge in [-0.3, -0.25) is 0 Å². The Kier molecular flexibility index (Phi) is 5.85. The first-order valence-electron chi connectivity index (χ1n) is 7.47. The third-order valence-corrected chi connectivity index (χ3v) is 4.57. The molecule has 126 valence electrons. The van der Waals surface area contributed by atoms with E-state index in [4.69, 9.17) is 36.1 Å². The summed E-state index contributed by atoms with van der Waals surface area (Å²) in [6.45, 7) is 0. The summed E-state index contributed by atoms with van der Waals surface area (Å²) in [6.07, 6.45) is 5.33. The Morgan fingerprint density at radius 2 is 1.74 bits per heavy atom. The largest absolute Gasteiger partial charge is 0.490 e. The zero-order valence-corrected chi connectivity index (χ0v) is 13.6. The number of fused-ring (bicyclic) bond motifs is 2. The van der Waals surface area contributed by atoms with Crippen molar-refractivity contribution in [2.45, 2.75) is 43.9 Å². The number of carboxylic acid groups (broad SMARTS) is 2. The van der Waals surface area contributed by atoms with Gasteiger partial charge < -0.3 is 19.8 Å². The average Bonchev–Trinajstić information content (AvgIpc) is 2.71. The van der Waals surface area contributed by atoms with Gasteiger partial charge in [-0.15, -0.1) is 0 Å². The van der Waals surface area contributed by atoms with Crippen LogP contribution in [0.25, 0.3) is 0 Å². The third kappa shape index (κ3) is 4.84. The van der Waals surface area contributed by atoms with Gasteiger partial charge in [0, 0.05) is 17.1 Å². The number of carbonyl (C=O) groups is 2. The van der Waals surface area contributed by atoms with Crippen molar-refractivity contribution < 1.29 is 24.5 Å². The summed E-state index contributed by atoms with van der Waals surface area (Å²) in [4.78, 5) is 20.7. The van der Waals surface area contributed by atoms with E-state index in [0.29, 0.717) is 6.10 Å². The molecular weight excluding hydrogens is 322 g/mol. The highest BCUT2D eigenvalue weighted by atomic mass is 35.5. The van der Waals surface area contributed by atoms with Crippen molar-refractivity contribution in [3.8, 4) is 5.75 Å². The van der Waals surface area contributed by atoms with Gasteiger partial charge in [0.2, 0.25) is 0 Å². The molecule has 2 N–H and O–H groups in total. The van der Waals surface area contributed by atoms with E-state index in [2.05, 4.69) is 11.9 Å². The topological polar surface area (TPSA) is 87.1 Å². The molecule has 1 aromatic carbocycles. The van der Waals surface area contributed by atoms with Gasteiger partial charge >= 0.3 is 11.9 Å². The van der Waals surface area contributed by atoms with Crippen molar-refractivity contribution in [1.29, 1.82) is 0 Å². The van der Waals surface area contributed by atoms with Crippen LogP contribution in [0, 0.1) is 0 Å². The number of carboxylic acids is 2. The highest BCUT2D eigenvalue weighted by molar-refractivity contribution is 6.30. The standard InChI is InChI=1S/C14H18ClNO.C2H2O4/c1-16-11-5-6-12(16)9-14(8-11)17-13-4-2-3-10(15)7-13;3-1(4)2(5)6/h2-4,7,11-12,14H,5-6,8-9H2,1H3;(H,3,4)(H,5,6)/t11-,12+,14?;. The predicted octanol–water partition coefficient (Wildman–Crippen LogP) is 2.50. The minimum absolute atomic E-state index is 0.363. The van der Waals surface area contributed by atoms with Gasteiger partial charge in [0.25, 0.3) is 0 Å². The molecule has 0 amide bonds. The van der Waals surface area contributed by atoms with E-state index < -0.39 is 11.9 Å². The maximum Gasteiger partial charge on any atom is 0.414 e. The molecule has 6 nitrogen and oxygen atoms in total. The highest BCUT2D eigenvalue weighted by Gasteiger charge is 2.39. The molecule has 2 heterocycles. The fourth-order valence-electron chi connectivity index (χ4n) is 3.19. The SMILES string of the molecule is CN1[C@@H]2CC[C@H]1CC(Oc1cccc(Cl)c1)C2.O=C(O)C(=O)O. The molecule has 2 bridgehead atoms. The normalized spacial score (nSPS) is 26.1. The molecule has 1 aromatic rings. The molecule has 3 atom stereocenters. The number of ether oxygens (including phenoxy) is 1. The first-order valence-corrected chi connectivity index (χ1v) is 7.85. The second-order valence-corrected chi connectivity index (χ2v) is 6.27. The van der Waals surface area contributed by atoms with Crippen LogP contribution in [0.5, 0.6) is 5.75 Å². The van der Waals surface area contributed by atoms with Crippen LogP contribution in [0.4, 0.5) is 0 Å². The second kappa shape index (κ2) is 7.66. The molecule has 23 heavy (non-hydrogen) atoms. The summed E-state index contributed by atoms with van der Waals surface area (Å²) in [5, 5.41) is 15.5. The predicted molar refractivity (Wildman–Crippen MR) is 84.9 cm³/mol. The Morgan fingerprint density at radius 1 is 1.17 bits per heavy atom. The molecule has 2 saturated heterocycles. The molecule has 7 heteroatoms. The van der Waals surface area contributed by atoms with Gasteiger partial charge in [0.15, 0.2) is 0 Å². The van der Waals surface area contributed by atoms with E-state index in [1.165, 1.54) is 12.8 Å². The molecule has 2 fully saturated rings. The van der Waals surface area contributed by atoms with Gasteiger partial charge in [0.1, 0.15) is 11.9 Å². The summed E-state index contributed by atoms with van der Waals surface area (Å²) in [5.41, 5.74) is 0. The van der Waals surface area contributed by atoms with Crippen molar-refractivity contribution in [2.75, 3.05) is 7.05 Å². The van der Waals surface area contributed by atoms with E-state index in [1.54, 1.807) is 0 Å². The van der Waals surface area contributed by atoms with Gasteiger partial charge in [-0.2, -0.15) is 0 Å². The zero-order valence-electron chi connectivity index (χ0n) is 12.8. The van der Waals surface area contributed by atoms with E-state index in [1.807, 2.05) is 24.3 Å². The first-order chi connectivity index (χ1) is 10.9. The van der Waals surface area contributed by atoms with E-state index >= 15 is 0 Å². The van der Waals surface area contributed by atoms with Crippen LogP contribution in [0.1, 0.15) is 25.7 Å². The van der Waals surface area contributed by atoms with Crippen molar-refractivity contribution in [1.82, 2.24) is 4.90 Å². The zero-order chi connectivity index (χ0) is 17.0. The average molecular weight is 342 g/mol. The van der Waals surface area contributed by atoms with Gasteiger partial charge in [-0.1, -0.05) is 17.7 Å². The molecule has 2 aliphatic rings. The number of nitrogens with zero attached hydrogens (tertiary/aromatic N) is 1. The third-order valence-electron chi connectivity index (χ3n) is 4.34. The smallest absolute Gasteiger partial charge is 0.414 e. The monoisotopic (exact) mass is 341 g/mol. The fraction of sp³-hybridized carbons (Fsp3) is 0.500. The van der Waals surface area contributed by atoms with Crippen molar-refractivity contribution in [2.24, 2.45) is 0 Å². The van der Waals surface area contributed by atoms with Crippen LogP contribution >= 0.6 is 11.6 Å². The lowest BCUT2D eigenvalue weighted by molar-refractivity contribution is -0.159. The maximum atomic E-state index is 9.10. The summed E-state index contributed by atoms with van der Waals surface area (Å²) in [7, 11) is 2.25. The Labute approximate surface area is 139 Å². The van der Waals surface area contributed by atoms with E-state index in [0.717, 1.165) is 35.7 Å². The minimum Gasteiger partial charge on any atom is -0.490 e. The van der Waals surface area contributed by atoms with Gasteiger partial charge in [-0.25, -0.2) is 9.59 Å². The molecule has 0 aliphatic carbocycles. The molecular formula is C16H20ClNO5. The maximum absolute atomic E-state index is 9.10. The number of rotatable bonds is 2. The number of hydrogen-bond donors (Lipinski definition) is 2. The summed E-state index contributed by atoms with van der Waals surface area (Å²) in [6, 6.07) is 9.16. The molecule has 1 unspecified atom stereocenters. The number of benzene rings is 1. The fourth-order valence-corrected chi connectivity index (χ4v) is 3.37. The van der Waals surface area contributed by atoms with Gasteiger partial charge in [-0.05, 0) is 50.9 Å². The van der Waals surface area contributed by atoms with E-state index in [-0.39, 0.29) is 0 Å². The Morgan fingerprint density at radius 3 is 2.22 bits per heavy atom. The van der Waals surface area contributed by atoms with Gasteiger partial charge in [0.05, 0.1) is 0 Å². The minimum atomic E-state index is -1.82. The van der Waals surface area contributed by atoms with Crippen LogP contribution in [-0.4, -0.2) is 52.3 Å². The lowest BCUT2D eigenvalue weighted by Gasteiger charge is -2.36. The molecule has 0 saturated carbocycles. The van der Waals surface area contributed by atoms with Crippen LogP contribution in [0.3, 0.4) is 0 Å². The van der Waals surface area contributed by atoms with Crippen LogP contribution in [-0.2, 0) is 9.59 Å². The molecule has 0 radical (unpaired) electrons. The number of piperidine rings is 1. The summed E-state index contributed by atoms with van der Waals surface area (Å²) < 4.78 is 6.05. The van der Waals surface area contributed by atoms with Crippen molar-refractivity contribution in [3.05, 3.63) is 29.3 Å². The van der Waals surface area contributed by atoms with Crippen LogP contribution in [0.2, 0.25) is 5.02 Å². The Bertz CT molecular complexity index is 553. The summed E-state index contributed by atoms with van der Waals surface area (Å²) in [5.74, 6) is -2.74. The highest BCUT2D eigenvalue weighted by Crippen LogP contribution is 2.36. The number of halogens is 1. The van der Waals surface area contributed by atoms with Crippen LogP contribution < -0.4 is 4.74 Å². The Balaban J connectivity index is 0.000000277. The second-order valence-electron chi connectivity index (χ2n) is 5.83. The Hall–Kier alpha value is -1.79. The molecule has 3 rings (SSSR count).